The second kappa shape index (κ2) is 33.1. The Hall–Kier alpha value is -5.75. The summed E-state index contributed by atoms with van der Waals surface area (Å²) in [5.41, 5.74) is -1.47. The van der Waals surface area contributed by atoms with Gasteiger partial charge in [0.05, 0.1) is 12.5 Å². The van der Waals surface area contributed by atoms with Crippen LogP contribution < -0.4 is 21.3 Å². The molecule has 11 amide bonds. The summed E-state index contributed by atoms with van der Waals surface area (Å²) < 4.78 is 41.8. The Morgan fingerprint density at radius 3 is 1.85 bits per heavy atom. The van der Waals surface area contributed by atoms with Crippen molar-refractivity contribution in [2.45, 2.75) is 268 Å². The van der Waals surface area contributed by atoms with Crippen molar-refractivity contribution in [2.75, 3.05) is 54.9 Å². The monoisotopic (exact) mass is 1320 g/mol. The predicted octanol–water partition coefficient (Wildman–Crippen LogP) is 5.90. The fourth-order valence-electron chi connectivity index (χ4n) is 14.9. The molecule has 6 rings (SSSR count). The number of carbonyl (C=O) groups is 11. The lowest BCUT2D eigenvalue weighted by Gasteiger charge is -2.45. The van der Waals surface area contributed by atoms with Crippen molar-refractivity contribution in [1.82, 2.24) is 55.6 Å². The van der Waals surface area contributed by atoms with Crippen LogP contribution in [-0.4, -0.2) is 226 Å². The number of nitrogens with zero attached hydrogens (tertiary/aromatic N) is 7. The van der Waals surface area contributed by atoms with Crippen LogP contribution in [0.5, 0.6) is 0 Å². The first-order chi connectivity index (χ1) is 43.3. The van der Waals surface area contributed by atoms with Crippen LogP contribution in [0.3, 0.4) is 0 Å². The number of carbonyl (C=O) groups excluding carboxylic acids is 11. The number of likely N-dealkylation sites (N-methyl/N-ethyl adjacent to an activating group) is 5. The van der Waals surface area contributed by atoms with Crippen molar-refractivity contribution >= 4 is 76.6 Å². The molecule has 92 heavy (non-hydrogen) atoms. The Kier molecular flexibility index (Phi) is 27.1. The number of amides is 11. The average Bonchev–Trinajstić information content (AvgIpc) is 0.986. The van der Waals surface area contributed by atoms with Gasteiger partial charge in [-0.1, -0.05) is 98.8 Å². The summed E-state index contributed by atoms with van der Waals surface area (Å²) in [6.45, 7) is 12.0. The van der Waals surface area contributed by atoms with Crippen LogP contribution >= 0.6 is 11.6 Å². The Labute approximate surface area is 548 Å². The van der Waals surface area contributed by atoms with Gasteiger partial charge in [-0.25, -0.2) is 0 Å². The van der Waals surface area contributed by atoms with E-state index in [1.165, 1.54) is 69.5 Å². The minimum Gasteiger partial charge on any atom is -0.351 e. The van der Waals surface area contributed by atoms with E-state index in [4.69, 9.17) is 11.6 Å². The predicted molar refractivity (Wildman–Crippen MR) is 341 cm³/mol. The van der Waals surface area contributed by atoms with Crippen molar-refractivity contribution in [3.05, 3.63) is 0 Å². The third-order valence-electron chi connectivity index (χ3n) is 21.2. The van der Waals surface area contributed by atoms with Gasteiger partial charge in [0.25, 0.3) is 0 Å². The molecule has 0 radical (unpaired) electrons. The number of rotatable bonds is 11. The van der Waals surface area contributed by atoms with E-state index in [2.05, 4.69) is 21.3 Å². The first kappa shape index (κ1) is 75.3. The standard InChI is InChI=1S/C66H107ClF3N11O11/c1-13-15-24-48-56(84)73-54(40(5)14-2)63(91)76(9)42(7)59(87)81-34-30-50(81)62(90)78(11)51(37-43-22-17-16-18-23-43)61(89)75(8)38-52(82)72-47(29-27-44-26-28-45(46(67)36-44)66(68,69)70)60(88)80-33-21-25-49(80)57(85)74-65(31-19-20-32-65)64(92)79(12)55(39(3)4)58(86)71-41(6)35-53(83)77(48)10/h39-51,54-55H,13-38H2,1-12H3,(H,71,86)(H,72,82)(H,73,84)(H,74,85)/t40-,41+,42-,44?,45?,46?,47-,48-,49-,50-,51-,54-,55-/m0/s1. The molecule has 3 aliphatic heterocycles. The second-order valence-corrected chi connectivity index (χ2v) is 28.7. The number of hydrogen-bond acceptors (Lipinski definition) is 11. The zero-order valence-corrected chi connectivity index (χ0v) is 57.4. The van der Waals surface area contributed by atoms with Gasteiger partial charge in [0.2, 0.25) is 65.0 Å². The second-order valence-electron chi connectivity index (χ2n) is 28.1. The maximum Gasteiger partial charge on any atom is 0.393 e. The van der Waals surface area contributed by atoms with Gasteiger partial charge >= 0.3 is 6.18 Å². The molecule has 3 saturated heterocycles. The van der Waals surface area contributed by atoms with Gasteiger partial charge in [0, 0.05) is 66.2 Å². The van der Waals surface area contributed by atoms with Crippen molar-refractivity contribution in [1.29, 1.82) is 0 Å². The number of fused-ring (bicyclic) bond motifs is 2. The Balaban J connectivity index is 1.36. The summed E-state index contributed by atoms with van der Waals surface area (Å²) in [4.78, 5) is 171. The van der Waals surface area contributed by atoms with Crippen molar-refractivity contribution in [3.8, 4) is 0 Å². The summed E-state index contributed by atoms with van der Waals surface area (Å²) in [5.74, 6) is -9.18. The van der Waals surface area contributed by atoms with Crippen LogP contribution in [0.25, 0.3) is 0 Å². The number of unbranched alkanes of at least 4 members (excludes halogenated alkanes) is 1. The molecule has 3 unspecified atom stereocenters. The first-order valence-corrected chi connectivity index (χ1v) is 34.6. The SMILES string of the molecule is CCCC[C@H]1C(=O)N[C@@H]([C@@H](C)CC)C(=O)N(C)[C@@H](C)C(=O)N2CC[C@H]2C(=O)N(C)[C@@H](CC2CCCCC2)C(=O)N(C)CC(=O)N[C@@H](CCC2CCC(C(F)(F)F)C(Cl)C2)C(=O)N2CCC[C@H]2C(=O)NC2(CCCC2)C(=O)N(C)[C@@H](C(C)C)C(=O)N[C@H](C)CC(=O)N1C. The van der Waals surface area contributed by atoms with Crippen LogP contribution in [0.2, 0.25) is 0 Å². The largest absolute Gasteiger partial charge is 0.393 e. The molecule has 0 aromatic carbocycles. The number of halogens is 4. The molecule has 0 aromatic rings. The fourth-order valence-corrected chi connectivity index (χ4v) is 15.4. The highest BCUT2D eigenvalue weighted by Gasteiger charge is 2.51. The minimum atomic E-state index is -4.49. The van der Waals surface area contributed by atoms with Gasteiger partial charge in [0.15, 0.2) is 0 Å². The van der Waals surface area contributed by atoms with Crippen molar-refractivity contribution in [3.63, 3.8) is 0 Å². The minimum absolute atomic E-state index is 0.0170. The maximum atomic E-state index is 15.1. The van der Waals surface area contributed by atoms with E-state index in [1.807, 2.05) is 13.8 Å². The third kappa shape index (κ3) is 18.2. The molecular formula is C66H107ClF3N11O11. The van der Waals surface area contributed by atoms with Crippen LogP contribution in [0.15, 0.2) is 0 Å². The quantitative estimate of drug-likeness (QED) is 0.177. The van der Waals surface area contributed by atoms with E-state index < -0.39 is 161 Å². The normalized spacial score (nSPS) is 31.5. The average molecular weight is 1320 g/mol. The number of alkyl halides is 4. The highest BCUT2D eigenvalue weighted by molar-refractivity contribution is 6.20. The third-order valence-corrected chi connectivity index (χ3v) is 21.6. The Morgan fingerprint density at radius 1 is 0.609 bits per heavy atom. The van der Waals surface area contributed by atoms with Gasteiger partial charge in [-0.15, -0.1) is 11.6 Å². The summed E-state index contributed by atoms with van der Waals surface area (Å²) in [7, 11) is 7.37. The van der Waals surface area contributed by atoms with E-state index in [0.717, 1.165) is 32.1 Å². The smallest absolute Gasteiger partial charge is 0.351 e. The van der Waals surface area contributed by atoms with Gasteiger partial charge in [-0.05, 0) is 115 Å². The van der Waals surface area contributed by atoms with E-state index in [1.54, 1.807) is 34.6 Å². The molecular weight excluding hydrogens is 1220 g/mol. The number of nitrogens with one attached hydrogen (secondary N) is 4. The van der Waals surface area contributed by atoms with E-state index in [9.17, 15) is 56.3 Å². The molecule has 3 saturated carbocycles. The maximum absolute atomic E-state index is 15.1. The molecule has 3 aliphatic carbocycles. The van der Waals surface area contributed by atoms with Gasteiger partial charge in [-0.3, -0.25) is 52.7 Å². The van der Waals surface area contributed by atoms with Gasteiger partial charge in [-0.2, -0.15) is 13.2 Å². The molecule has 6 fully saturated rings. The number of hydrogen-bond donors (Lipinski definition) is 4. The molecule has 0 aromatic heterocycles. The van der Waals surface area contributed by atoms with Gasteiger partial charge in [0.1, 0.15) is 53.9 Å². The molecule has 22 nitrogen and oxygen atoms in total. The molecule has 6 aliphatic rings. The van der Waals surface area contributed by atoms with Gasteiger partial charge < -0.3 is 55.6 Å². The summed E-state index contributed by atoms with van der Waals surface area (Å²) in [5, 5.41) is 10.5. The topological polar surface area (TPSA) is 259 Å². The van der Waals surface area contributed by atoms with E-state index >= 15 is 9.59 Å². The van der Waals surface area contributed by atoms with Crippen molar-refractivity contribution < 1.29 is 65.9 Å². The lowest BCUT2D eigenvalue weighted by Crippen LogP contribution is -2.65. The molecule has 4 N–H and O–H groups in total. The summed E-state index contributed by atoms with van der Waals surface area (Å²) >= 11 is 6.37. The zero-order valence-electron chi connectivity index (χ0n) is 56.7. The Bertz CT molecular complexity index is 2640. The lowest BCUT2D eigenvalue weighted by atomic mass is 9.78. The highest BCUT2D eigenvalue weighted by Crippen LogP contribution is 2.44. The fraction of sp³-hybridized carbons (Fsp3) is 0.833. The van der Waals surface area contributed by atoms with E-state index in [0.29, 0.717) is 38.5 Å². The summed E-state index contributed by atoms with van der Waals surface area (Å²) in [6.07, 6.45) is 4.53. The Morgan fingerprint density at radius 2 is 1.26 bits per heavy atom. The van der Waals surface area contributed by atoms with Crippen LogP contribution in [0.1, 0.15) is 196 Å². The summed E-state index contributed by atoms with van der Waals surface area (Å²) in [6, 6.07) is -9.62. The van der Waals surface area contributed by atoms with Crippen LogP contribution in [-0.2, 0) is 52.7 Å². The highest BCUT2D eigenvalue weighted by atomic mass is 35.5. The molecule has 3 heterocycles. The molecule has 13 atom stereocenters. The molecule has 0 bridgehead atoms. The van der Waals surface area contributed by atoms with E-state index in [-0.39, 0.29) is 102 Å². The van der Waals surface area contributed by atoms with Crippen molar-refractivity contribution in [2.24, 2.45) is 29.6 Å². The molecule has 26 heteroatoms. The van der Waals surface area contributed by atoms with Crippen LogP contribution in [0.4, 0.5) is 13.2 Å². The first-order valence-electron chi connectivity index (χ1n) is 34.1. The lowest BCUT2D eigenvalue weighted by molar-refractivity contribution is -0.182. The van der Waals surface area contributed by atoms with Crippen LogP contribution in [0, 0.1) is 29.6 Å². The zero-order chi connectivity index (χ0) is 68.3. The molecule has 520 valence electrons. The molecule has 1 spiro atoms.